The van der Waals surface area contributed by atoms with Gasteiger partial charge in [0.25, 0.3) is 0 Å². The van der Waals surface area contributed by atoms with Gasteiger partial charge in [-0.3, -0.25) is 5.43 Å². The Balaban J connectivity index is 1.66. The molecule has 31 heavy (non-hydrogen) atoms. The Morgan fingerprint density at radius 3 is 2.32 bits per heavy atom. The molecule has 2 aromatic heterocycles. The van der Waals surface area contributed by atoms with Crippen LogP contribution < -0.4 is 19.6 Å². The number of fused-ring (bicyclic) bond motifs is 1. The summed E-state index contributed by atoms with van der Waals surface area (Å²) < 4.78 is 16.2. The van der Waals surface area contributed by atoms with Gasteiger partial charge in [0.2, 0.25) is 0 Å². The van der Waals surface area contributed by atoms with Crippen molar-refractivity contribution in [1.82, 2.24) is 9.97 Å². The van der Waals surface area contributed by atoms with Crippen LogP contribution in [0.25, 0.3) is 20.7 Å². The van der Waals surface area contributed by atoms with Crippen molar-refractivity contribution in [3.63, 3.8) is 0 Å². The number of thiophene rings is 1. The summed E-state index contributed by atoms with van der Waals surface area (Å²) in [6.45, 7) is 1.87. The molecule has 0 atom stereocenters. The van der Waals surface area contributed by atoms with E-state index >= 15 is 0 Å². The summed E-state index contributed by atoms with van der Waals surface area (Å²) in [7, 11) is 4.77. The van der Waals surface area contributed by atoms with Crippen LogP contribution >= 0.6 is 11.3 Å². The van der Waals surface area contributed by atoms with Crippen LogP contribution in [0.3, 0.4) is 0 Å². The number of nitrogens with zero attached hydrogens (tertiary/aromatic N) is 3. The number of hydrogen-bond acceptors (Lipinski definition) is 8. The molecule has 0 bridgehead atoms. The highest BCUT2D eigenvalue weighted by Crippen LogP contribution is 2.36. The molecule has 0 aliphatic rings. The lowest BCUT2D eigenvalue weighted by atomic mass is 10.2. The number of hydrazone groups is 1. The molecule has 0 radical (unpaired) electrons. The topological polar surface area (TPSA) is 77.9 Å². The van der Waals surface area contributed by atoms with Crippen LogP contribution in [-0.2, 0) is 0 Å². The highest BCUT2D eigenvalue weighted by atomic mass is 32.1. The van der Waals surface area contributed by atoms with Crippen molar-refractivity contribution in [2.24, 2.45) is 5.10 Å². The first-order valence-electron chi connectivity index (χ1n) is 9.55. The van der Waals surface area contributed by atoms with Crippen molar-refractivity contribution in [2.45, 2.75) is 6.92 Å². The third kappa shape index (κ3) is 4.29. The van der Waals surface area contributed by atoms with Gasteiger partial charge in [0.05, 0.1) is 32.9 Å². The molecule has 0 fully saturated rings. The molecule has 7 nitrogen and oxygen atoms in total. The van der Waals surface area contributed by atoms with Gasteiger partial charge in [-0.05, 0) is 24.6 Å². The molecule has 0 saturated heterocycles. The SMILES string of the molecule is COc1cc(OC)c(OC)cc1C=NNc1nc(C)nc2sc(-c3ccccc3)cc12. The second kappa shape index (κ2) is 9.01. The van der Waals surface area contributed by atoms with E-state index in [9.17, 15) is 0 Å². The van der Waals surface area contributed by atoms with Crippen LogP contribution in [0.4, 0.5) is 5.82 Å². The van der Waals surface area contributed by atoms with Crippen molar-refractivity contribution in [2.75, 3.05) is 26.8 Å². The van der Waals surface area contributed by atoms with Crippen LogP contribution in [0.2, 0.25) is 0 Å². The normalized spacial score (nSPS) is 11.1. The van der Waals surface area contributed by atoms with Crippen molar-refractivity contribution < 1.29 is 14.2 Å². The number of benzene rings is 2. The first-order chi connectivity index (χ1) is 15.1. The van der Waals surface area contributed by atoms with Gasteiger partial charge < -0.3 is 14.2 Å². The first-order valence-corrected chi connectivity index (χ1v) is 10.4. The van der Waals surface area contributed by atoms with E-state index in [1.165, 1.54) is 0 Å². The Labute approximate surface area is 184 Å². The number of anilines is 1. The molecular weight excluding hydrogens is 412 g/mol. The van der Waals surface area contributed by atoms with E-state index in [0.29, 0.717) is 28.9 Å². The molecule has 8 heteroatoms. The molecule has 0 spiro atoms. The Bertz CT molecular complexity index is 1240. The minimum absolute atomic E-state index is 0.587. The standard InChI is InChI=1S/C23H22N4O3S/c1-14-25-22(17-11-21(31-23(17)26-14)15-8-6-5-7-9-15)27-24-13-16-10-19(29-3)20(30-4)12-18(16)28-2/h5-13H,1-4H3,(H,25,26,27). The predicted molar refractivity (Wildman–Crippen MR) is 125 cm³/mol. The van der Waals surface area contributed by atoms with Crippen molar-refractivity contribution in [1.29, 1.82) is 0 Å². The molecule has 4 rings (SSSR count). The van der Waals surface area contributed by atoms with Crippen LogP contribution in [0, 0.1) is 6.92 Å². The molecule has 158 valence electrons. The summed E-state index contributed by atoms with van der Waals surface area (Å²) in [5, 5.41) is 5.31. The minimum Gasteiger partial charge on any atom is -0.496 e. The van der Waals surface area contributed by atoms with Gasteiger partial charge in [0, 0.05) is 16.5 Å². The lowest BCUT2D eigenvalue weighted by molar-refractivity contribution is 0.349. The zero-order chi connectivity index (χ0) is 21.8. The van der Waals surface area contributed by atoms with E-state index in [1.807, 2.05) is 31.2 Å². The smallest absolute Gasteiger partial charge is 0.164 e. The summed E-state index contributed by atoms with van der Waals surface area (Å²) >= 11 is 1.63. The molecule has 2 aromatic carbocycles. The molecule has 2 heterocycles. The fourth-order valence-corrected chi connectivity index (χ4v) is 4.26. The first kappa shape index (κ1) is 20.6. The largest absolute Gasteiger partial charge is 0.496 e. The summed E-state index contributed by atoms with van der Waals surface area (Å²) in [5.74, 6) is 3.13. The Kier molecular flexibility index (Phi) is 5.99. The van der Waals surface area contributed by atoms with Gasteiger partial charge in [0.15, 0.2) is 17.3 Å². The average molecular weight is 435 g/mol. The molecule has 0 amide bonds. The second-order valence-corrected chi connectivity index (χ2v) is 7.66. The summed E-state index contributed by atoms with van der Waals surface area (Å²) in [6.07, 6.45) is 1.66. The Morgan fingerprint density at radius 2 is 1.61 bits per heavy atom. The van der Waals surface area contributed by atoms with Gasteiger partial charge in [-0.2, -0.15) is 5.10 Å². The van der Waals surface area contributed by atoms with E-state index in [1.54, 1.807) is 44.9 Å². The molecule has 0 saturated carbocycles. The highest BCUT2D eigenvalue weighted by molar-refractivity contribution is 7.21. The van der Waals surface area contributed by atoms with E-state index < -0.39 is 0 Å². The minimum atomic E-state index is 0.587. The van der Waals surface area contributed by atoms with Gasteiger partial charge >= 0.3 is 0 Å². The number of hydrogen-bond donors (Lipinski definition) is 1. The maximum atomic E-state index is 5.45. The lowest BCUT2D eigenvalue weighted by Crippen LogP contribution is -1.99. The summed E-state index contributed by atoms with van der Waals surface area (Å²) in [6, 6.07) is 15.9. The van der Waals surface area contributed by atoms with Crippen LogP contribution in [0.5, 0.6) is 17.2 Å². The van der Waals surface area contributed by atoms with Gasteiger partial charge in [0.1, 0.15) is 16.4 Å². The quantitative estimate of drug-likeness (QED) is 0.321. The van der Waals surface area contributed by atoms with Crippen molar-refractivity contribution in [3.05, 3.63) is 59.9 Å². The van der Waals surface area contributed by atoms with Crippen LogP contribution in [-0.4, -0.2) is 37.5 Å². The van der Waals surface area contributed by atoms with Gasteiger partial charge in [-0.1, -0.05) is 30.3 Å². The van der Waals surface area contributed by atoms with Crippen LogP contribution in [0.15, 0.2) is 53.6 Å². The second-order valence-electron chi connectivity index (χ2n) is 6.63. The average Bonchev–Trinajstić information content (AvgIpc) is 3.23. The number of nitrogens with one attached hydrogen (secondary N) is 1. The zero-order valence-corrected chi connectivity index (χ0v) is 18.5. The molecule has 4 aromatic rings. The lowest BCUT2D eigenvalue weighted by Gasteiger charge is -2.11. The number of rotatable bonds is 7. The van der Waals surface area contributed by atoms with Crippen molar-refractivity contribution in [3.8, 4) is 27.7 Å². The Morgan fingerprint density at radius 1 is 0.903 bits per heavy atom. The Hall–Kier alpha value is -3.65. The van der Waals surface area contributed by atoms with E-state index in [4.69, 9.17) is 14.2 Å². The van der Waals surface area contributed by atoms with Crippen molar-refractivity contribution >= 4 is 33.6 Å². The number of methoxy groups -OCH3 is 3. The molecular formula is C23H22N4O3S. The predicted octanol–water partition coefficient (Wildman–Crippen LogP) is 5.14. The molecule has 0 aliphatic carbocycles. The fourth-order valence-electron chi connectivity index (χ4n) is 3.17. The molecule has 1 N–H and O–H groups in total. The van der Waals surface area contributed by atoms with Gasteiger partial charge in [-0.15, -0.1) is 11.3 Å². The third-order valence-corrected chi connectivity index (χ3v) is 5.75. The number of ether oxygens (including phenoxy) is 3. The summed E-state index contributed by atoms with van der Waals surface area (Å²) in [4.78, 5) is 11.2. The number of aromatic nitrogens is 2. The van der Waals surface area contributed by atoms with E-state index in [2.05, 4.69) is 38.7 Å². The maximum absolute atomic E-state index is 5.45. The third-order valence-electron chi connectivity index (χ3n) is 4.67. The van der Waals surface area contributed by atoms with Gasteiger partial charge in [-0.25, -0.2) is 9.97 Å². The number of aryl methyl sites for hydroxylation is 1. The van der Waals surface area contributed by atoms with E-state index in [-0.39, 0.29) is 0 Å². The maximum Gasteiger partial charge on any atom is 0.164 e. The summed E-state index contributed by atoms with van der Waals surface area (Å²) in [5.41, 5.74) is 4.94. The molecule has 0 aliphatic heterocycles. The fraction of sp³-hybridized carbons (Fsp3) is 0.174. The van der Waals surface area contributed by atoms with Crippen LogP contribution in [0.1, 0.15) is 11.4 Å². The molecule has 0 unspecified atom stereocenters. The highest BCUT2D eigenvalue weighted by Gasteiger charge is 2.13. The monoisotopic (exact) mass is 434 g/mol. The van der Waals surface area contributed by atoms with E-state index in [0.717, 1.165) is 26.2 Å². The zero-order valence-electron chi connectivity index (χ0n) is 17.7.